The number of rotatable bonds is 6. The fourth-order valence-corrected chi connectivity index (χ4v) is 3.15. The molecule has 6 heteroatoms. The van der Waals surface area contributed by atoms with Gasteiger partial charge >= 0.3 is 5.97 Å². The van der Waals surface area contributed by atoms with Crippen molar-refractivity contribution in [3.8, 4) is 0 Å². The average molecular weight is 366 g/mol. The number of hydrogen-bond acceptors (Lipinski definition) is 3. The van der Waals surface area contributed by atoms with E-state index < -0.39 is 5.97 Å². The van der Waals surface area contributed by atoms with Gasteiger partial charge in [-0.15, -0.1) is 0 Å². The minimum absolute atomic E-state index is 0.0485. The summed E-state index contributed by atoms with van der Waals surface area (Å²) in [7, 11) is 0. The molecule has 0 unspecified atom stereocenters. The van der Waals surface area contributed by atoms with E-state index in [0.29, 0.717) is 17.7 Å². The number of carbonyl (C=O) groups is 3. The van der Waals surface area contributed by atoms with Gasteiger partial charge < -0.3 is 15.3 Å². The van der Waals surface area contributed by atoms with E-state index in [1.165, 1.54) is 12.1 Å². The number of carboxylic acids is 1. The highest BCUT2D eigenvalue weighted by atomic mass is 16.4. The number of carbonyl (C=O) groups excluding carboxylic acids is 2. The molecule has 0 spiro atoms. The van der Waals surface area contributed by atoms with Gasteiger partial charge in [0.15, 0.2) is 0 Å². The molecule has 0 bridgehead atoms. The van der Waals surface area contributed by atoms with Crippen molar-refractivity contribution in [2.75, 3.05) is 18.4 Å². The Labute approximate surface area is 157 Å². The molecule has 0 aromatic heterocycles. The van der Waals surface area contributed by atoms with Crippen molar-refractivity contribution in [3.63, 3.8) is 0 Å². The Bertz CT molecular complexity index is 840. The van der Waals surface area contributed by atoms with Gasteiger partial charge in [-0.3, -0.25) is 9.59 Å². The number of aryl methyl sites for hydroxylation is 1. The summed E-state index contributed by atoms with van der Waals surface area (Å²) < 4.78 is 0. The van der Waals surface area contributed by atoms with Gasteiger partial charge in [0, 0.05) is 19.5 Å². The Balaban J connectivity index is 1.61. The van der Waals surface area contributed by atoms with Crippen LogP contribution >= 0.6 is 0 Å². The third-order valence-corrected chi connectivity index (χ3v) is 4.67. The molecule has 140 valence electrons. The van der Waals surface area contributed by atoms with Gasteiger partial charge in [-0.05, 0) is 49.1 Å². The predicted molar refractivity (Wildman–Crippen MR) is 102 cm³/mol. The summed E-state index contributed by atoms with van der Waals surface area (Å²) in [5.74, 6) is -1.20. The minimum atomic E-state index is -0.974. The van der Waals surface area contributed by atoms with Crippen LogP contribution in [0.2, 0.25) is 0 Å². The number of benzene rings is 2. The zero-order valence-electron chi connectivity index (χ0n) is 15.0. The minimum Gasteiger partial charge on any atom is -0.478 e. The molecule has 1 aliphatic rings. The maximum absolute atomic E-state index is 12.6. The normalized spacial score (nSPS) is 13.4. The standard InChI is InChI=1S/C21H22N2O4/c24-19(12-9-15-7-10-16(11-8-15)21(26)27)22-18-6-2-1-5-17(18)20(25)23-13-3-4-14-23/h1-2,5-8,10-11H,3-4,9,12-14H2,(H,22,24)(H,26,27). The summed E-state index contributed by atoms with van der Waals surface area (Å²) in [6, 6.07) is 13.5. The smallest absolute Gasteiger partial charge is 0.335 e. The molecule has 27 heavy (non-hydrogen) atoms. The van der Waals surface area contributed by atoms with E-state index in [9.17, 15) is 14.4 Å². The number of amides is 2. The molecule has 2 aromatic carbocycles. The van der Waals surface area contributed by atoms with Crippen molar-refractivity contribution in [2.24, 2.45) is 0 Å². The fraction of sp³-hybridized carbons (Fsp3) is 0.286. The van der Waals surface area contributed by atoms with E-state index in [0.717, 1.165) is 31.5 Å². The van der Waals surface area contributed by atoms with Crippen molar-refractivity contribution in [3.05, 3.63) is 65.2 Å². The van der Waals surface area contributed by atoms with Crippen LogP contribution in [0.4, 0.5) is 5.69 Å². The Kier molecular flexibility index (Phi) is 5.86. The zero-order chi connectivity index (χ0) is 19.2. The molecule has 2 amide bonds. The Morgan fingerprint density at radius 2 is 1.63 bits per heavy atom. The highest BCUT2D eigenvalue weighted by molar-refractivity contribution is 6.03. The highest BCUT2D eigenvalue weighted by Gasteiger charge is 2.22. The van der Waals surface area contributed by atoms with Crippen LogP contribution < -0.4 is 5.32 Å². The highest BCUT2D eigenvalue weighted by Crippen LogP contribution is 2.20. The van der Waals surface area contributed by atoms with Gasteiger partial charge in [-0.25, -0.2) is 4.79 Å². The number of nitrogens with zero attached hydrogens (tertiary/aromatic N) is 1. The second kappa shape index (κ2) is 8.49. The van der Waals surface area contributed by atoms with E-state index in [2.05, 4.69) is 5.32 Å². The third-order valence-electron chi connectivity index (χ3n) is 4.67. The molecule has 1 aliphatic heterocycles. The monoisotopic (exact) mass is 366 g/mol. The molecule has 3 rings (SSSR count). The van der Waals surface area contributed by atoms with E-state index in [-0.39, 0.29) is 23.8 Å². The summed E-state index contributed by atoms with van der Waals surface area (Å²) in [6.45, 7) is 1.51. The Morgan fingerprint density at radius 3 is 2.30 bits per heavy atom. The van der Waals surface area contributed by atoms with Crippen LogP contribution in [0.1, 0.15) is 45.5 Å². The average Bonchev–Trinajstić information content (AvgIpc) is 3.21. The molecule has 0 radical (unpaired) electrons. The number of aromatic carboxylic acids is 1. The van der Waals surface area contributed by atoms with Gasteiger partial charge in [0.2, 0.25) is 5.91 Å². The summed E-state index contributed by atoms with van der Waals surface area (Å²) >= 11 is 0. The number of likely N-dealkylation sites (tertiary alicyclic amines) is 1. The SMILES string of the molecule is O=C(CCc1ccc(C(=O)O)cc1)Nc1ccccc1C(=O)N1CCCC1. The Hall–Kier alpha value is -3.15. The van der Waals surface area contributed by atoms with Crippen LogP contribution in [0.25, 0.3) is 0 Å². The van der Waals surface area contributed by atoms with E-state index >= 15 is 0 Å². The lowest BCUT2D eigenvalue weighted by Crippen LogP contribution is -2.28. The van der Waals surface area contributed by atoms with Crippen molar-refractivity contribution >= 4 is 23.5 Å². The van der Waals surface area contributed by atoms with Crippen LogP contribution in [0.3, 0.4) is 0 Å². The first-order valence-electron chi connectivity index (χ1n) is 9.05. The summed E-state index contributed by atoms with van der Waals surface area (Å²) in [6.07, 6.45) is 2.77. The molecule has 6 nitrogen and oxygen atoms in total. The lowest BCUT2D eigenvalue weighted by Gasteiger charge is -2.18. The largest absolute Gasteiger partial charge is 0.478 e. The van der Waals surface area contributed by atoms with Crippen LogP contribution in [0, 0.1) is 0 Å². The van der Waals surface area contributed by atoms with Gasteiger partial charge in [-0.1, -0.05) is 24.3 Å². The molecule has 0 aliphatic carbocycles. The fourth-order valence-electron chi connectivity index (χ4n) is 3.15. The molecule has 1 fully saturated rings. The summed E-state index contributed by atoms with van der Waals surface area (Å²) in [4.78, 5) is 37.7. The van der Waals surface area contributed by atoms with Crippen LogP contribution in [-0.2, 0) is 11.2 Å². The maximum Gasteiger partial charge on any atom is 0.335 e. The van der Waals surface area contributed by atoms with E-state index in [1.54, 1.807) is 36.4 Å². The summed E-state index contributed by atoms with van der Waals surface area (Å²) in [5, 5.41) is 11.7. The molecule has 1 saturated heterocycles. The quantitative estimate of drug-likeness (QED) is 0.822. The summed E-state index contributed by atoms with van der Waals surface area (Å²) in [5.41, 5.74) is 2.15. The van der Waals surface area contributed by atoms with Crippen molar-refractivity contribution in [1.29, 1.82) is 0 Å². The molecule has 0 atom stereocenters. The zero-order valence-corrected chi connectivity index (χ0v) is 15.0. The molecule has 0 saturated carbocycles. The van der Waals surface area contributed by atoms with Gasteiger partial charge in [0.05, 0.1) is 16.8 Å². The van der Waals surface area contributed by atoms with Crippen molar-refractivity contribution in [2.45, 2.75) is 25.7 Å². The number of carboxylic acid groups (broad SMARTS) is 1. The van der Waals surface area contributed by atoms with Gasteiger partial charge in [-0.2, -0.15) is 0 Å². The molecular weight excluding hydrogens is 344 g/mol. The van der Waals surface area contributed by atoms with Gasteiger partial charge in [0.25, 0.3) is 5.91 Å². The molecule has 2 N–H and O–H groups in total. The first-order chi connectivity index (χ1) is 13.0. The van der Waals surface area contributed by atoms with E-state index in [4.69, 9.17) is 5.11 Å². The van der Waals surface area contributed by atoms with Crippen LogP contribution in [0.15, 0.2) is 48.5 Å². The number of para-hydroxylation sites is 1. The van der Waals surface area contributed by atoms with Crippen molar-refractivity contribution < 1.29 is 19.5 Å². The number of nitrogens with one attached hydrogen (secondary N) is 1. The Morgan fingerprint density at radius 1 is 0.963 bits per heavy atom. The predicted octanol–water partition coefficient (Wildman–Crippen LogP) is 3.19. The first kappa shape index (κ1) is 18.6. The molecule has 2 aromatic rings. The molecular formula is C21H22N2O4. The number of hydrogen-bond donors (Lipinski definition) is 2. The topological polar surface area (TPSA) is 86.7 Å². The lowest BCUT2D eigenvalue weighted by atomic mass is 10.1. The molecule has 1 heterocycles. The third kappa shape index (κ3) is 4.73. The first-order valence-corrected chi connectivity index (χ1v) is 9.05. The van der Waals surface area contributed by atoms with E-state index in [1.807, 2.05) is 4.90 Å². The van der Waals surface area contributed by atoms with Crippen molar-refractivity contribution in [1.82, 2.24) is 4.90 Å². The lowest BCUT2D eigenvalue weighted by molar-refractivity contribution is -0.116. The van der Waals surface area contributed by atoms with Crippen LogP contribution in [-0.4, -0.2) is 40.9 Å². The van der Waals surface area contributed by atoms with Gasteiger partial charge in [0.1, 0.15) is 0 Å². The maximum atomic E-state index is 12.6. The van der Waals surface area contributed by atoms with Crippen LogP contribution in [0.5, 0.6) is 0 Å². The second-order valence-corrected chi connectivity index (χ2v) is 6.60. The number of anilines is 1. The second-order valence-electron chi connectivity index (χ2n) is 6.60.